The molecule has 0 saturated heterocycles. The predicted octanol–water partition coefficient (Wildman–Crippen LogP) is 3.36. The van der Waals surface area contributed by atoms with Gasteiger partial charge in [-0.2, -0.15) is 5.26 Å². The van der Waals surface area contributed by atoms with E-state index in [2.05, 4.69) is 13.0 Å². The first-order valence-corrected chi connectivity index (χ1v) is 4.70. The van der Waals surface area contributed by atoms with Crippen molar-refractivity contribution in [2.24, 2.45) is 11.8 Å². The molecule has 0 aromatic heterocycles. The summed E-state index contributed by atoms with van der Waals surface area (Å²) in [6, 6.07) is 2.23. The lowest BCUT2D eigenvalue weighted by Gasteiger charge is -2.00. The van der Waals surface area contributed by atoms with E-state index in [1.165, 1.54) is 19.3 Å². The largest absolute Gasteiger partial charge is 0.198 e. The molecule has 1 nitrogen and oxygen atoms in total. The van der Waals surface area contributed by atoms with Gasteiger partial charge in [0, 0.05) is 6.42 Å². The van der Waals surface area contributed by atoms with Crippen LogP contribution in [0.25, 0.3) is 0 Å². The monoisotopic (exact) mass is 153 g/mol. The van der Waals surface area contributed by atoms with E-state index in [4.69, 9.17) is 5.26 Å². The number of rotatable bonds is 1. The second-order valence-electron chi connectivity index (χ2n) is 3.15. The first-order chi connectivity index (χ1) is 5.33. The molecule has 64 valence electrons. The maximum Gasteiger partial charge on any atom is 0.0624 e. The second kappa shape index (κ2) is 6.22. The van der Waals surface area contributed by atoms with E-state index in [0.717, 1.165) is 18.3 Å². The normalized spacial score (nSPS) is 28.5. The smallest absolute Gasteiger partial charge is 0.0624 e. The number of hydrogen-bond donors (Lipinski definition) is 0. The Morgan fingerprint density at radius 3 is 2.36 bits per heavy atom. The SMILES string of the molecule is CC.CC1CCC(CC#N)C1. The van der Waals surface area contributed by atoms with Crippen LogP contribution in [0.2, 0.25) is 0 Å². The number of nitriles is 1. The molecule has 2 atom stereocenters. The van der Waals surface area contributed by atoms with Crippen molar-refractivity contribution in [2.45, 2.75) is 46.5 Å². The molecule has 2 unspecified atom stereocenters. The van der Waals surface area contributed by atoms with Crippen molar-refractivity contribution >= 4 is 0 Å². The van der Waals surface area contributed by atoms with Crippen molar-refractivity contribution < 1.29 is 0 Å². The minimum absolute atomic E-state index is 0.727. The van der Waals surface area contributed by atoms with Gasteiger partial charge in [-0.3, -0.25) is 0 Å². The van der Waals surface area contributed by atoms with Gasteiger partial charge in [-0.05, 0) is 24.7 Å². The molecule has 11 heavy (non-hydrogen) atoms. The van der Waals surface area contributed by atoms with Gasteiger partial charge in [-0.1, -0.05) is 27.2 Å². The lowest BCUT2D eigenvalue weighted by atomic mass is 10.0. The highest BCUT2D eigenvalue weighted by atomic mass is 14.3. The molecule has 0 bridgehead atoms. The predicted molar refractivity (Wildman–Crippen MR) is 48.1 cm³/mol. The summed E-state index contributed by atoms with van der Waals surface area (Å²) in [5.41, 5.74) is 0. The molecule has 1 aliphatic carbocycles. The summed E-state index contributed by atoms with van der Waals surface area (Å²) in [5, 5.41) is 8.36. The minimum Gasteiger partial charge on any atom is -0.198 e. The van der Waals surface area contributed by atoms with Crippen LogP contribution in [0.1, 0.15) is 46.5 Å². The van der Waals surface area contributed by atoms with Crippen LogP contribution in [0.4, 0.5) is 0 Å². The van der Waals surface area contributed by atoms with Gasteiger partial charge in [0.2, 0.25) is 0 Å². The van der Waals surface area contributed by atoms with E-state index >= 15 is 0 Å². The Hall–Kier alpha value is -0.510. The van der Waals surface area contributed by atoms with Crippen molar-refractivity contribution in [3.63, 3.8) is 0 Å². The molecule has 0 aliphatic heterocycles. The van der Waals surface area contributed by atoms with Crippen molar-refractivity contribution in [1.82, 2.24) is 0 Å². The van der Waals surface area contributed by atoms with E-state index in [-0.39, 0.29) is 0 Å². The van der Waals surface area contributed by atoms with E-state index in [9.17, 15) is 0 Å². The standard InChI is InChI=1S/C8H13N.C2H6/c1-7-2-3-8(6-7)4-5-9;1-2/h7-8H,2-4,6H2,1H3;1-2H3. The van der Waals surface area contributed by atoms with Crippen LogP contribution in [0.3, 0.4) is 0 Å². The Morgan fingerprint density at radius 2 is 2.00 bits per heavy atom. The van der Waals surface area contributed by atoms with Crippen LogP contribution in [-0.2, 0) is 0 Å². The molecule has 1 rings (SSSR count). The third kappa shape index (κ3) is 4.03. The zero-order valence-corrected chi connectivity index (χ0v) is 7.93. The minimum atomic E-state index is 0.727. The first-order valence-electron chi connectivity index (χ1n) is 4.70. The molecule has 0 aromatic carbocycles. The first kappa shape index (κ1) is 10.5. The zero-order chi connectivity index (χ0) is 8.69. The lowest BCUT2D eigenvalue weighted by molar-refractivity contribution is 0.525. The fraction of sp³-hybridized carbons (Fsp3) is 0.900. The average molecular weight is 153 g/mol. The molecule has 1 aliphatic rings. The van der Waals surface area contributed by atoms with Gasteiger partial charge < -0.3 is 0 Å². The summed E-state index contributed by atoms with van der Waals surface area (Å²) in [7, 11) is 0. The summed E-state index contributed by atoms with van der Waals surface area (Å²) in [6.07, 6.45) is 4.69. The van der Waals surface area contributed by atoms with Crippen LogP contribution >= 0.6 is 0 Å². The summed E-state index contributed by atoms with van der Waals surface area (Å²) < 4.78 is 0. The van der Waals surface area contributed by atoms with Gasteiger partial charge in [0.25, 0.3) is 0 Å². The highest BCUT2D eigenvalue weighted by Gasteiger charge is 2.20. The summed E-state index contributed by atoms with van der Waals surface area (Å²) in [6.45, 7) is 6.28. The Bertz CT molecular complexity index is 123. The van der Waals surface area contributed by atoms with Crippen LogP contribution in [-0.4, -0.2) is 0 Å². The fourth-order valence-electron chi connectivity index (χ4n) is 1.64. The highest BCUT2D eigenvalue weighted by Crippen LogP contribution is 2.31. The molecular weight excluding hydrogens is 134 g/mol. The quantitative estimate of drug-likeness (QED) is 0.566. The van der Waals surface area contributed by atoms with Gasteiger partial charge >= 0.3 is 0 Å². The van der Waals surface area contributed by atoms with E-state index in [1.807, 2.05) is 13.8 Å². The van der Waals surface area contributed by atoms with Gasteiger partial charge in [-0.15, -0.1) is 0 Å². The average Bonchev–Trinajstić information content (AvgIpc) is 2.41. The third-order valence-electron chi connectivity index (χ3n) is 2.18. The molecule has 0 spiro atoms. The summed E-state index contributed by atoms with van der Waals surface area (Å²) >= 11 is 0. The Kier molecular flexibility index (Phi) is 5.93. The van der Waals surface area contributed by atoms with E-state index in [1.54, 1.807) is 0 Å². The van der Waals surface area contributed by atoms with Crippen molar-refractivity contribution in [3.8, 4) is 6.07 Å². The molecule has 0 N–H and O–H groups in total. The topological polar surface area (TPSA) is 23.8 Å². The zero-order valence-electron chi connectivity index (χ0n) is 7.93. The van der Waals surface area contributed by atoms with Crippen LogP contribution in [0.5, 0.6) is 0 Å². The number of hydrogen-bond acceptors (Lipinski definition) is 1. The maximum atomic E-state index is 8.36. The summed E-state index contributed by atoms with van der Waals surface area (Å²) in [5.74, 6) is 1.60. The van der Waals surface area contributed by atoms with Crippen molar-refractivity contribution in [3.05, 3.63) is 0 Å². The van der Waals surface area contributed by atoms with Crippen molar-refractivity contribution in [2.75, 3.05) is 0 Å². The van der Waals surface area contributed by atoms with Gasteiger partial charge in [-0.25, -0.2) is 0 Å². The van der Waals surface area contributed by atoms with E-state index in [0.29, 0.717) is 0 Å². The molecule has 1 saturated carbocycles. The molecule has 1 fully saturated rings. The molecule has 0 radical (unpaired) electrons. The van der Waals surface area contributed by atoms with Gasteiger partial charge in [0.05, 0.1) is 6.07 Å². The lowest BCUT2D eigenvalue weighted by Crippen LogP contribution is -1.91. The molecule has 1 heteroatoms. The Balaban J connectivity index is 0.000000461. The van der Waals surface area contributed by atoms with Crippen molar-refractivity contribution in [1.29, 1.82) is 5.26 Å². The Morgan fingerprint density at radius 1 is 1.36 bits per heavy atom. The number of nitrogens with zero attached hydrogens (tertiary/aromatic N) is 1. The van der Waals surface area contributed by atoms with E-state index < -0.39 is 0 Å². The molecule has 0 amide bonds. The van der Waals surface area contributed by atoms with Gasteiger partial charge in [0.1, 0.15) is 0 Å². The van der Waals surface area contributed by atoms with Crippen LogP contribution < -0.4 is 0 Å². The summed E-state index contributed by atoms with van der Waals surface area (Å²) in [4.78, 5) is 0. The third-order valence-corrected chi connectivity index (χ3v) is 2.18. The maximum absolute atomic E-state index is 8.36. The second-order valence-corrected chi connectivity index (χ2v) is 3.15. The van der Waals surface area contributed by atoms with Crippen LogP contribution in [0, 0.1) is 23.2 Å². The van der Waals surface area contributed by atoms with Crippen LogP contribution in [0.15, 0.2) is 0 Å². The Labute approximate surface area is 70.4 Å². The molecule has 0 aromatic rings. The molecular formula is C10H19N. The van der Waals surface area contributed by atoms with Gasteiger partial charge in [0.15, 0.2) is 0 Å². The fourth-order valence-corrected chi connectivity index (χ4v) is 1.64. The molecule has 0 heterocycles. The highest BCUT2D eigenvalue weighted by molar-refractivity contribution is 4.81.